The molecule has 0 amide bonds. The summed E-state index contributed by atoms with van der Waals surface area (Å²) in [6.45, 7) is 2.19. The minimum Gasteiger partial charge on any atom is -0.505 e. The van der Waals surface area contributed by atoms with Crippen molar-refractivity contribution in [2.45, 2.75) is 19.8 Å². The van der Waals surface area contributed by atoms with Gasteiger partial charge in [-0.25, -0.2) is 9.78 Å². The van der Waals surface area contributed by atoms with Crippen LogP contribution in [0.1, 0.15) is 30.3 Å². The maximum Gasteiger partial charge on any atom is 0.360 e. The van der Waals surface area contributed by atoms with Crippen LogP contribution in [-0.4, -0.2) is 27.8 Å². The highest BCUT2D eigenvalue weighted by atomic mass is 35.5. The summed E-state index contributed by atoms with van der Waals surface area (Å²) in [4.78, 5) is 15.9. The Morgan fingerprint density at radius 3 is 2.63 bits per heavy atom. The van der Waals surface area contributed by atoms with Gasteiger partial charge >= 0.3 is 5.97 Å². The highest BCUT2D eigenvalue weighted by Crippen LogP contribution is 2.36. The second-order valence-corrected chi connectivity index (χ2v) is 6.33. The number of fused-ring (bicyclic) bond motifs is 1. The first kappa shape index (κ1) is 18.8. The highest BCUT2D eigenvalue weighted by Gasteiger charge is 2.20. The summed E-state index contributed by atoms with van der Waals surface area (Å²) >= 11 is 5.94. The number of aromatic hydroxyl groups is 2. The molecule has 3 rings (SSSR count). The van der Waals surface area contributed by atoms with Gasteiger partial charge in [0.2, 0.25) is 5.88 Å². The first-order chi connectivity index (χ1) is 13.0. The van der Waals surface area contributed by atoms with Gasteiger partial charge in [-0.3, -0.25) is 0 Å². The molecule has 2 N–H and O–H groups in total. The number of esters is 1. The highest BCUT2D eigenvalue weighted by molar-refractivity contribution is 6.30. The summed E-state index contributed by atoms with van der Waals surface area (Å²) in [7, 11) is 0. The predicted molar refractivity (Wildman–Crippen MR) is 102 cm³/mol. The molecule has 6 nitrogen and oxygen atoms in total. The van der Waals surface area contributed by atoms with Crippen LogP contribution in [-0.2, 0) is 4.74 Å². The second kappa shape index (κ2) is 8.14. The number of halogens is 1. The summed E-state index contributed by atoms with van der Waals surface area (Å²) in [5.74, 6) is -0.591. The fraction of sp³-hybridized carbons (Fsp3) is 0.200. The maximum atomic E-state index is 12.1. The molecule has 0 fully saturated rings. The van der Waals surface area contributed by atoms with Crippen molar-refractivity contribution in [3.8, 4) is 23.1 Å². The molecular weight excluding hydrogens is 370 g/mol. The van der Waals surface area contributed by atoms with Crippen LogP contribution in [0.25, 0.3) is 10.8 Å². The average Bonchev–Trinajstić information content (AvgIpc) is 2.65. The van der Waals surface area contributed by atoms with E-state index in [1.807, 2.05) is 6.92 Å². The van der Waals surface area contributed by atoms with Gasteiger partial charge in [-0.15, -0.1) is 0 Å². The van der Waals surface area contributed by atoms with Crippen molar-refractivity contribution >= 4 is 28.3 Å². The van der Waals surface area contributed by atoms with Crippen molar-refractivity contribution in [3.63, 3.8) is 0 Å². The molecule has 0 saturated heterocycles. The summed E-state index contributed by atoms with van der Waals surface area (Å²) in [5, 5.41) is 21.7. The molecule has 0 aliphatic carbocycles. The van der Waals surface area contributed by atoms with Gasteiger partial charge in [0.15, 0.2) is 11.4 Å². The first-order valence-corrected chi connectivity index (χ1v) is 8.83. The molecule has 0 saturated carbocycles. The van der Waals surface area contributed by atoms with E-state index in [-0.39, 0.29) is 28.8 Å². The zero-order valence-electron chi connectivity index (χ0n) is 14.6. The van der Waals surface area contributed by atoms with E-state index in [4.69, 9.17) is 21.1 Å². The molecule has 140 valence electrons. The number of ether oxygens (including phenoxy) is 2. The van der Waals surface area contributed by atoms with Gasteiger partial charge in [0.05, 0.1) is 12.0 Å². The molecule has 1 heterocycles. The number of nitrogens with zero attached hydrogens (tertiary/aromatic N) is 1. The van der Waals surface area contributed by atoms with E-state index in [9.17, 15) is 15.0 Å². The van der Waals surface area contributed by atoms with Crippen molar-refractivity contribution in [2.24, 2.45) is 0 Å². The molecule has 3 aromatic rings. The number of carbonyl (C=O) groups excluding carboxylic acids is 1. The van der Waals surface area contributed by atoms with Crippen LogP contribution in [0.4, 0.5) is 0 Å². The molecule has 27 heavy (non-hydrogen) atoms. The smallest absolute Gasteiger partial charge is 0.360 e. The molecule has 0 unspecified atom stereocenters. The molecule has 0 aliphatic heterocycles. The summed E-state index contributed by atoms with van der Waals surface area (Å²) < 4.78 is 10.8. The van der Waals surface area contributed by atoms with Crippen LogP contribution in [0.3, 0.4) is 0 Å². The Bertz CT molecular complexity index is 990. The Morgan fingerprint density at radius 2 is 1.89 bits per heavy atom. The third-order valence-electron chi connectivity index (χ3n) is 3.89. The quantitative estimate of drug-likeness (QED) is 0.454. The van der Waals surface area contributed by atoms with E-state index in [1.54, 1.807) is 30.3 Å². The Morgan fingerprint density at radius 1 is 1.11 bits per heavy atom. The van der Waals surface area contributed by atoms with Crippen molar-refractivity contribution in [3.05, 3.63) is 53.2 Å². The standard InChI is InChI=1S/C20H18ClNO5/c1-2-3-9-26-20(25)17-18(23)15-8-7-14(11-16(15)19(24)22-17)27-13-6-4-5-12(21)10-13/h4-8,10-11,23H,2-3,9H2,1H3,(H,22,24). The molecule has 0 spiro atoms. The monoisotopic (exact) mass is 387 g/mol. The average molecular weight is 388 g/mol. The van der Waals surface area contributed by atoms with Crippen LogP contribution >= 0.6 is 11.6 Å². The van der Waals surface area contributed by atoms with E-state index in [0.717, 1.165) is 6.42 Å². The summed E-state index contributed by atoms with van der Waals surface area (Å²) in [6.07, 6.45) is 1.57. The SMILES string of the molecule is CCCCOC(=O)c1nc(O)c2cc(Oc3cccc(Cl)c3)ccc2c1O. The Balaban J connectivity index is 1.92. The maximum absolute atomic E-state index is 12.1. The molecule has 0 aliphatic rings. The van der Waals surface area contributed by atoms with E-state index in [0.29, 0.717) is 22.9 Å². The Kier molecular flexibility index (Phi) is 5.66. The second-order valence-electron chi connectivity index (χ2n) is 5.89. The summed E-state index contributed by atoms with van der Waals surface area (Å²) in [6, 6.07) is 11.5. The molecule has 0 atom stereocenters. The van der Waals surface area contributed by atoms with Gasteiger partial charge in [-0.1, -0.05) is 31.0 Å². The topological polar surface area (TPSA) is 88.9 Å². The van der Waals surface area contributed by atoms with Crippen molar-refractivity contribution in [1.82, 2.24) is 4.98 Å². The third kappa shape index (κ3) is 4.23. The summed E-state index contributed by atoms with van der Waals surface area (Å²) in [5.41, 5.74) is -0.320. The van der Waals surface area contributed by atoms with E-state index < -0.39 is 11.8 Å². The van der Waals surface area contributed by atoms with Crippen molar-refractivity contribution in [1.29, 1.82) is 0 Å². The van der Waals surface area contributed by atoms with Crippen LogP contribution in [0.5, 0.6) is 23.1 Å². The number of rotatable bonds is 6. The lowest BCUT2D eigenvalue weighted by molar-refractivity contribution is 0.0488. The zero-order valence-corrected chi connectivity index (χ0v) is 15.4. The number of unbranched alkanes of at least 4 members (excludes halogenated alkanes) is 1. The Labute approximate surface area is 160 Å². The number of hydrogen-bond acceptors (Lipinski definition) is 6. The van der Waals surface area contributed by atoms with Gasteiger partial charge < -0.3 is 19.7 Å². The number of carbonyl (C=O) groups is 1. The van der Waals surface area contributed by atoms with E-state index in [2.05, 4.69) is 4.98 Å². The normalized spacial score (nSPS) is 10.7. The number of hydrogen-bond donors (Lipinski definition) is 2. The number of benzene rings is 2. The first-order valence-electron chi connectivity index (χ1n) is 8.46. The number of pyridine rings is 1. The van der Waals surface area contributed by atoms with Gasteiger partial charge in [0, 0.05) is 10.4 Å². The van der Waals surface area contributed by atoms with Crippen LogP contribution in [0, 0.1) is 0 Å². The van der Waals surface area contributed by atoms with Crippen LogP contribution in [0.2, 0.25) is 5.02 Å². The minimum absolute atomic E-state index is 0.224. The zero-order chi connectivity index (χ0) is 19.4. The molecule has 0 bridgehead atoms. The van der Waals surface area contributed by atoms with Gasteiger partial charge in [0.25, 0.3) is 0 Å². The minimum atomic E-state index is -0.780. The van der Waals surface area contributed by atoms with Crippen molar-refractivity contribution < 1.29 is 24.5 Å². The lowest BCUT2D eigenvalue weighted by Crippen LogP contribution is -2.09. The molecule has 0 radical (unpaired) electrons. The molecule has 1 aromatic heterocycles. The van der Waals surface area contributed by atoms with Crippen LogP contribution < -0.4 is 4.74 Å². The predicted octanol–water partition coefficient (Wildman–Crippen LogP) is 5.05. The fourth-order valence-corrected chi connectivity index (χ4v) is 2.69. The third-order valence-corrected chi connectivity index (χ3v) is 4.12. The largest absolute Gasteiger partial charge is 0.505 e. The van der Waals surface area contributed by atoms with E-state index in [1.165, 1.54) is 12.1 Å². The van der Waals surface area contributed by atoms with Gasteiger partial charge in [-0.05, 0) is 42.8 Å². The fourth-order valence-electron chi connectivity index (χ4n) is 2.51. The number of aromatic nitrogens is 1. The van der Waals surface area contributed by atoms with Crippen molar-refractivity contribution in [2.75, 3.05) is 6.61 Å². The van der Waals surface area contributed by atoms with E-state index >= 15 is 0 Å². The Hall–Kier alpha value is -2.99. The van der Waals surface area contributed by atoms with Crippen LogP contribution in [0.15, 0.2) is 42.5 Å². The molecule has 7 heteroatoms. The van der Waals surface area contributed by atoms with Gasteiger partial charge in [-0.2, -0.15) is 0 Å². The molecule has 2 aromatic carbocycles. The lowest BCUT2D eigenvalue weighted by atomic mass is 10.1. The van der Waals surface area contributed by atoms with Gasteiger partial charge in [0.1, 0.15) is 11.5 Å². The lowest BCUT2D eigenvalue weighted by Gasteiger charge is -2.11. The molecular formula is C20H18ClNO5.